The summed E-state index contributed by atoms with van der Waals surface area (Å²) in [6.07, 6.45) is 1.55. The first kappa shape index (κ1) is 31.2. The van der Waals surface area contributed by atoms with Gasteiger partial charge in [-0.05, 0) is 48.1 Å². The summed E-state index contributed by atoms with van der Waals surface area (Å²) in [6, 6.07) is 13.5. The first-order chi connectivity index (χ1) is 19.7. The van der Waals surface area contributed by atoms with Crippen molar-refractivity contribution < 1.29 is 27.5 Å². The third-order valence-corrected chi connectivity index (χ3v) is 9.67. The van der Waals surface area contributed by atoms with Crippen LogP contribution >= 0.6 is 11.6 Å². The van der Waals surface area contributed by atoms with Gasteiger partial charge in [0.2, 0.25) is 11.8 Å². The van der Waals surface area contributed by atoms with E-state index in [-0.39, 0.29) is 30.3 Å². The van der Waals surface area contributed by atoms with Gasteiger partial charge in [-0.2, -0.15) is 0 Å². The smallest absolute Gasteiger partial charge is 0.227 e. The van der Waals surface area contributed by atoms with Crippen molar-refractivity contribution in [3.8, 4) is 0 Å². The number of likely N-dealkylation sites (tertiary alicyclic amines) is 1. The lowest BCUT2D eigenvalue weighted by Gasteiger charge is -2.31. The number of hydrogen-bond acceptors (Lipinski definition) is 7. The Balaban J connectivity index is 1.49. The van der Waals surface area contributed by atoms with Gasteiger partial charge >= 0.3 is 0 Å². The molecule has 0 radical (unpaired) electrons. The number of nitrogens with zero attached hydrogens (tertiary/aromatic N) is 2. The van der Waals surface area contributed by atoms with Crippen LogP contribution in [0.5, 0.6) is 0 Å². The van der Waals surface area contributed by atoms with Crippen molar-refractivity contribution >= 4 is 39.0 Å². The molecule has 2 atom stereocenters. The Morgan fingerprint density at radius 2 is 1.76 bits per heavy atom. The van der Waals surface area contributed by atoms with E-state index in [1.54, 1.807) is 47.4 Å². The summed E-state index contributed by atoms with van der Waals surface area (Å²) in [7, 11) is -3.73. The highest BCUT2D eigenvalue weighted by molar-refractivity contribution is 7.90. The molecule has 2 saturated heterocycles. The molecule has 2 fully saturated rings. The Bertz CT molecular complexity index is 1330. The number of morpholine rings is 1. The SMILES string of the molecule is NCc1ccc(Cl)cc1CCC(=O)[C@@H]1CCCN1C(=O)[C@@H](CC(=O)N1CCOCC1)CS(=O)(=O)Cc1ccccc1. The van der Waals surface area contributed by atoms with Gasteiger partial charge in [0.05, 0.1) is 36.7 Å². The van der Waals surface area contributed by atoms with Crippen molar-refractivity contribution in [3.05, 3.63) is 70.2 Å². The van der Waals surface area contributed by atoms with Crippen molar-refractivity contribution in [1.29, 1.82) is 0 Å². The van der Waals surface area contributed by atoms with E-state index in [1.165, 1.54) is 4.90 Å². The zero-order valence-electron chi connectivity index (χ0n) is 23.2. The highest BCUT2D eigenvalue weighted by Gasteiger charge is 2.39. The molecule has 2 aliphatic heterocycles. The molecule has 2 aromatic rings. The van der Waals surface area contributed by atoms with E-state index in [1.807, 2.05) is 6.07 Å². The maximum Gasteiger partial charge on any atom is 0.227 e. The maximum absolute atomic E-state index is 13.9. The minimum Gasteiger partial charge on any atom is -0.378 e. The molecule has 0 unspecified atom stereocenters. The Labute approximate surface area is 246 Å². The molecule has 2 amide bonds. The summed E-state index contributed by atoms with van der Waals surface area (Å²) < 4.78 is 31.8. The number of aryl methyl sites for hydroxylation is 1. The van der Waals surface area contributed by atoms with Crippen LogP contribution < -0.4 is 5.73 Å². The normalized spacial score (nSPS) is 18.3. The lowest BCUT2D eigenvalue weighted by Crippen LogP contribution is -2.47. The Morgan fingerprint density at radius 3 is 2.46 bits per heavy atom. The van der Waals surface area contributed by atoms with Crippen molar-refractivity contribution in [2.45, 2.75) is 50.4 Å². The number of benzene rings is 2. The largest absolute Gasteiger partial charge is 0.378 e. The van der Waals surface area contributed by atoms with Gasteiger partial charge in [0.25, 0.3) is 0 Å². The molecule has 2 aliphatic rings. The van der Waals surface area contributed by atoms with Crippen LogP contribution in [0.25, 0.3) is 0 Å². The number of halogens is 1. The van der Waals surface area contributed by atoms with Crippen LogP contribution in [0.3, 0.4) is 0 Å². The summed E-state index contributed by atoms with van der Waals surface area (Å²) in [5.74, 6) is -2.59. The second-order valence-corrected chi connectivity index (χ2v) is 13.3. The van der Waals surface area contributed by atoms with Crippen molar-refractivity contribution in [3.63, 3.8) is 0 Å². The van der Waals surface area contributed by atoms with E-state index < -0.39 is 33.5 Å². The minimum absolute atomic E-state index is 0.0933. The molecule has 0 aromatic heterocycles. The fraction of sp³-hybridized carbons (Fsp3) is 0.500. The van der Waals surface area contributed by atoms with Gasteiger partial charge in [-0.3, -0.25) is 14.4 Å². The molecule has 4 rings (SSSR count). The van der Waals surface area contributed by atoms with Crippen molar-refractivity contribution in [2.75, 3.05) is 38.6 Å². The molecule has 0 spiro atoms. The minimum atomic E-state index is -3.73. The predicted molar refractivity (Wildman–Crippen MR) is 157 cm³/mol. The van der Waals surface area contributed by atoms with E-state index in [4.69, 9.17) is 22.1 Å². The highest BCUT2D eigenvalue weighted by Crippen LogP contribution is 2.26. The van der Waals surface area contributed by atoms with Gasteiger partial charge in [0.1, 0.15) is 0 Å². The Kier molecular flexibility index (Phi) is 10.9. The van der Waals surface area contributed by atoms with Gasteiger partial charge in [0, 0.05) is 44.0 Å². The number of ketones is 1. The molecule has 0 saturated carbocycles. The van der Waals surface area contributed by atoms with Crippen molar-refractivity contribution in [1.82, 2.24) is 9.80 Å². The molecule has 2 heterocycles. The number of Topliss-reactive ketones (excluding diaryl/α,β-unsaturated/α-hetero) is 1. The van der Waals surface area contributed by atoms with Gasteiger partial charge in [-0.15, -0.1) is 0 Å². The lowest BCUT2D eigenvalue weighted by molar-refractivity contribution is -0.144. The third-order valence-electron chi connectivity index (χ3n) is 7.76. The third kappa shape index (κ3) is 8.61. The summed E-state index contributed by atoms with van der Waals surface area (Å²) in [5.41, 5.74) is 8.27. The van der Waals surface area contributed by atoms with Crippen LogP contribution in [0, 0.1) is 5.92 Å². The molecule has 41 heavy (non-hydrogen) atoms. The van der Waals surface area contributed by atoms with Crippen LogP contribution in [-0.4, -0.2) is 80.5 Å². The lowest BCUT2D eigenvalue weighted by atomic mass is 9.97. The number of amides is 2. The number of sulfone groups is 1. The average molecular weight is 604 g/mol. The summed E-state index contributed by atoms with van der Waals surface area (Å²) >= 11 is 6.15. The van der Waals surface area contributed by atoms with E-state index in [2.05, 4.69) is 0 Å². The van der Waals surface area contributed by atoms with E-state index in [9.17, 15) is 22.8 Å². The number of ether oxygens (including phenoxy) is 1. The first-order valence-electron chi connectivity index (χ1n) is 14.1. The van der Waals surface area contributed by atoms with Crippen LogP contribution in [0.2, 0.25) is 5.02 Å². The molecule has 0 bridgehead atoms. The van der Waals surface area contributed by atoms with Crippen molar-refractivity contribution in [2.24, 2.45) is 11.7 Å². The molecule has 11 heteroatoms. The fourth-order valence-electron chi connectivity index (χ4n) is 5.61. The van der Waals surface area contributed by atoms with Gasteiger partial charge in [-0.1, -0.05) is 48.0 Å². The van der Waals surface area contributed by atoms with Crippen LogP contribution in [0.1, 0.15) is 42.4 Å². The summed E-state index contributed by atoms with van der Waals surface area (Å²) in [6.45, 7) is 2.27. The number of nitrogens with two attached hydrogens (primary N) is 1. The number of rotatable bonds is 12. The van der Waals surface area contributed by atoms with Crippen LogP contribution in [-0.2, 0) is 47.7 Å². The highest BCUT2D eigenvalue weighted by atomic mass is 35.5. The van der Waals surface area contributed by atoms with E-state index in [0.29, 0.717) is 69.2 Å². The summed E-state index contributed by atoms with van der Waals surface area (Å²) in [4.78, 5) is 43.5. The average Bonchev–Trinajstić information content (AvgIpc) is 3.46. The number of carbonyl (C=O) groups is 3. The van der Waals surface area contributed by atoms with Crippen LogP contribution in [0.4, 0.5) is 0 Å². The van der Waals surface area contributed by atoms with Gasteiger partial charge < -0.3 is 20.3 Å². The first-order valence-corrected chi connectivity index (χ1v) is 16.3. The number of carbonyl (C=O) groups excluding carboxylic acids is 3. The Hall–Kier alpha value is -2.79. The molecular weight excluding hydrogens is 566 g/mol. The quantitative estimate of drug-likeness (QED) is 0.395. The fourth-order valence-corrected chi connectivity index (χ4v) is 7.50. The predicted octanol–water partition coefficient (Wildman–Crippen LogP) is 2.77. The van der Waals surface area contributed by atoms with Gasteiger partial charge in [0.15, 0.2) is 15.6 Å². The molecule has 0 aliphatic carbocycles. The molecule has 9 nitrogen and oxygen atoms in total. The zero-order chi connectivity index (χ0) is 29.4. The topological polar surface area (TPSA) is 127 Å². The number of hydrogen-bond donors (Lipinski definition) is 1. The molecule has 2 aromatic carbocycles. The second-order valence-electron chi connectivity index (χ2n) is 10.7. The standard InChI is InChI=1S/C30H38ClN3O6S/c31-26-10-8-24(19-32)23(17-26)9-11-28(35)27-7-4-12-34(27)30(37)25(18-29(36)33-13-15-40-16-14-33)21-41(38,39)20-22-5-2-1-3-6-22/h1-3,5-6,8,10,17,25,27H,4,7,9,11-16,18-21,32H2/t25-,27-/m0/s1. The second kappa shape index (κ2) is 14.4. The summed E-state index contributed by atoms with van der Waals surface area (Å²) in [5, 5.41) is 0.562. The van der Waals surface area contributed by atoms with E-state index in [0.717, 1.165) is 11.1 Å². The molecular formula is C30H38ClN3O6S. The molecule has 222 valence electrons. The van der Waals surface area contributed by atoms with Gasteiger partial charge in [-0.25, -0.2) is 8.42 Å². The molecule has 2 N–H and O–H groups in total. The monoisotopic (exact) mass is 603 g/mol. The maximum atomic E-state index is 13.9. The Morgan fingerprint density at radius 1 is 1.02 bits per heavy atom. The van der Waals surface area contributed by atoms with Crippen LogP contribution in [0.15, 0.2) is 48.5 Å². The van der Waals surface area contributed by atoms with E-state index >= 15 is 0 Å². The zero-order valence-corrected chi connectivity index (χ0v) is 24.7.